The number of nitrogens with one attached hydrogen (secondary N) is 1. The number of unbranched alkanes of at least 4 members (excludes halogenated alkanes) is 1. The highest BCUT2D eigenvalue weighted by molar-refractivity contribution is 7.92. The van der Waals surface area contributed by atoms with Gasteiger partial charge in [-0.15, -0.1) is 0 Å². The minimum absolute atomic E-state index is 0.0297. The normalized spacial score (nSPS) is 12.0. The largest absolute Gasteiger partial charge is 0.354 e. The Labute approximate surface area is 224 Å². The van der Waals surface area contributed by atoms with Crippen LogP contribution < -0.4 is 9.62 Å². The quantitative estimate of drug-likeness (QED) is 0.339. The minimum atomic E-state index is -4.14. The molecule has 1 N–H and O–H groups in total. The van der Waals surface area contributed by atoms with Gasteiger partial charge in [-0.2, -0.15) is 0 Å². The lowest BCUT2D eigenvalue weighted by Gasteiger charge is -2.32. The van der Waals surface area contributed by atoms with Gasteiger partial charge < -0.3 is 10.2 Å². The van der Waals surface area contributed by atoms with E-state index in [0.29, 0.717) is 17.8 Å². The summed E-state index contributed by atoms with van der Waals surface area (Å²) >= 11 is 0. The first-order valence-corrected chi connectivity index (χ1v) is 14.0. The first-order valence-electron chi connectivity index (χ1n) is 12.6. The molecule has 0 saturated carbocycles. The van der Waals surface area contributed by atoms with Gasteiger partial charge in [-0.3, -0.25) is 13.9 Å². The number of hydrogen-bond donors (Lipinski definition) is 1. The molecule has 3 rings (SSSR count). The molecule has 0 radical (unpaired) electrons. The van der Waals surface area contributed by atoms with E-state index in [-0.39, 0.29) is 17.0 Å². The number of amides is 2. The van der Waals surface area contributed by atoms with E-state index in [4.69, 9.17) is 0 Å². The molecule has 9 heteroatoms. The molecule has 0 aliphatic rings. The fraction of sp³-hybridized carbons (Fsp3) is 0.310. The molecule has 38 heavy (non-hydrogen) atoms. The standard InChI is InChI=1S/C29H34FN3O4S/c1-4-5-19-31-29(35)23(3)32(20-24-14-10-11-17-26(24)30)28(34)21-33(27-18-12-9-13-22(27)2)38(36,37)25-15-7-6-8-16-25/h6-18,23H,4-5,19-21H2,1-3H3,(H,31,35)/t23-/m1/s1. The van der Waals surface area contributed by atoms with Gasteiger partial charge in [-0.05, 0) is 50.1 Å². The Hall–Kier alpha value is -3.72. The van der Waals surface area contributed by atoms with Crippen LogP contribution in [0.5, 0.6) is 0 Å². The molecule has 202 valence electrons. The maximum atomic E-state index is 14.6. The molecule has 0 spiro atoms. The fourth-order valence-corrected chi connectivity index (χ4v) is 5.50. The van der Waals surface area contributed by atoms with E-state index >= 15 is 0 Å². The van der Waals surface area contributed by atoms with Gasteiger partial charge in [0.05, 0.1) is 10.6 Å². The van der Waals surface area contributed by atoms with Crippen molar-refractivity contribution in [3.63, 3.8) is 0 Å². The van der Waals surface area contributed by atoms with E-state index in [9.17, 15) is 22.4 Å². The Morgan fingerprint density at radius 2 is 1.58 bits per heavy atom. The van der Waals surface area contributed by atoms with Gasteiger partial charge in [0.2, 0.25) is 11.8 Å². The van der Waals surface area contributed by atoms with Gasteiger partial charge >= 0.3 is 0 Å². The predicted octanol–water partition coefficient (Wildman–Crippen LogP) is 4.66. The molecule has 0 aliphatic carbocycles. The predicted molar refractivity (Wildman–Crippen MR) is 146 cm³/mol. The lowest BCUT2D eigenvalue weighted by Crippen LogP contribution is -2.51. The number of para-hydroxylation sites is 1. The van der Waals surface area contributed by atoms with Crippen LogP contribution in [0.2, 0.25) is 0 Å². The highest BCUT2D eigenvalue weighted by Crippen LogP contribution is 2.27. The summed E-state index contributed by atoms with van der Waals surface area (Å²) in [4.78, 5) is 28.0. The van der Waals surface area contributed by atoms with E-state index < -0.39 is 40.2 Å². The average Bonchev–Trinajstić information content (AvgIpc) is 2.91. The molecule has 0 aliphatic heterocycles. The van der Waals surface area contributed by atoms with Crippen LogP contribution in [-0.4, -0.2) is 44.3 Å². The zero-order valence-electron chi connectivity index (χ0n) is 21.9. The summed E-state index contributed by atoms with van der Waals surface area (Å²) < 4.78 is 43.1. The van der Waals surface area contributed by atoms with Crippen LogP contribution >= 0.6 is 0 Å². The number of rotatable bonds is 12. The SMILES string of the molecule is CCCCNC(=O)[C@@H](C)N(Cc1ccccc1F)C(=O)CN(c1ccccc1C)S(=O)(=O)c1ccccc1. The van der Waals surface area contributed by atoms with Crippen molar-refractivity contribution in [2.45, 2.75) is 51.1 Å². The molecule has 7 nitrogen and oxygen atoms in total. The van der Waals surface area contributed by atoms with E-state index in [1.165, 1.54) is 35.2 Å². The molecule has 0 unspecified atom stereocenters. The van der Waals surface area contributed by atoms with Crippen molar-refractivity contribution >= 4 is 27.5 Å². The van der Waals surface area contributed by atoms with Gasteiger partial charge in [-0.25, -0.2) is 12.8 Å². The molecule has 3 aromatic rings. The highest BCUT2D eigenvalue weighted by Gasteiger charge is 2.33. The Morgan fingerprint density at radius 1 is 0.947 bits per heavy atom. The number of anilines is 1. The summed E-state index contributed by atoms with van der Waals surface area (Å²) in [6, 6.07) is 19.8. The van der Waals surface area contributed by atoms with E-state index in [1.54, 1.807) is 62.4 Å². The molecule has 0 fully saturated rings. The van der Waals surface area contributed by atoms with Crippen molar-refractivity contribution in [1.82, 2.24) is 10.2 Å². The minimum Gasteiger partial charge on any atom is -0.354 e. The van der Waals surface area contributed by atoms with Crippen molar-refractivity contribution in [2.75, 3.05) is 17.4 Å². The summed E-state index contributed by atoms with van der Waals surface area (Å²) in [6.07, 6.45) is 1.66. The Kier molecular flexibility index (Phi) is 10.0. The molecule has 0 heterocycles. The third-order valence-electron chi connectivity index (χ3n) is 6.29. The van der Waals surface area contributed by atoms with Gasteiger partial charge in [0.25, 0.3) is 10.0 Å². The Bertz CT molecular complexity index is 1350. The second-order valence-electron chi connectivity index (χ2n) is 9.04. The number of aryl methyl sites for hydroxylation is 1. The first kappa shape index (κ1) is 28.8. The molecule has 3 aromatic carbocycles. The molecule has 0 saturated heterocycles. The number of sulfonamides is 1. The summed E-state index contributed by atoms with van der Waals surface area (Å²) in [6.45, 7) is 5.00. The van der Waals surface area contributed by atoms with Gasteiger partial charge in [0, 0.05) is 18.7 Å². The van der Waals surface area contributed by atoms with Gasteiger partial charge in [0.1, 0.15) is 18.4 Å². The number of hydrogen-bond acceptors (Lipinski definition) is 4. The maximum absolute atomic E-state index is 14.6. The van der Waals surface area contributed by atoms with Crippen molar-refractivity contribution in [1.29, 1.82) is 0 Å². The van der Waals surface area contributed by atoms with Crippen LogP contribution in [0.15, 0.2) is 83.8 Å². The van der Waals surface area contributed by atoms with E-state index in [1.807, 2.05) is 6.92 Å². The monoisotopic (exact) mass is 539 g/mol. The zero-order chi connectivity index (χ0) is 27.7. The number of halogens is 1. The van der Waals surface area contributed by atoms with Crippen LogP contribution in [0.1, 0.15) is 37.8 Å². The zero-order valence-corrected chi connectivity index (χ0v) is 22.7. The van der Waals surface area contributed by atoms with Crippen molar-refractivity contribution in [3.8, 4) is 0 Å². The van der Waals surface area contributed by atoms with Crippen LogP contribution in [0.4, 0.5) is 10.1 Å². The van der Waals surface area contributed by atoms with Crippen molar-refractivity contribution in [3.05, 3.63) is 95.8 Å². The average molecular weight is 540 g/mol. The summed E-state index contributed by atoms with van der Waals surface area (Å²) in [7, 11) is -4.14. The smallest absolute Gasteiger partial charge is 0.264 e. The van der Waals surface area contributed by atoms with Crippen LogP contribution in [-0.2, 0) is 26.2 Å². The third kappa shape index (κ3) is 6.98. The van der Waals surface area contributed by atoms with Crippen LogP contribution in [0.25, 0.3) is 0 Å². The molecular formula is C29H34FN3O4S. The number of nitrogens with zero attached hydrogens (tertiary/aromatic N) is 2. The lowest BCUT2D eigenvalue weighted by atomic mass is 10.1. The maximum Gasteiger partial charge on any atom is 0.264 e. The highest BCUT2D eigenvalue weighted by atomic mass is 32.2. The van der Waals surface area contributed by atoms with E-state index in [0.717, 1.165) is 17.1 Å². The summed E-state index contributed by atoms with van der Waals surface area (Å²) in [5.74, 6) is -1.54. The Balaban J connectivity index is 2.01. The number of carbonyl (C=O) groups excluding carboxylic acids is 2. The molecule has 2 amide bonds. The molecule has 0 aromatic heterocycles. The van der Waals surface area contributed by atoms with Gasteiger partial charge in [0.15, 0.2) is 0 Å². The second-order valence-corrected chi connectivity index (χ2v) is 10.9. The third-order valence-corrected chi connectivity index (χ3v) is 8.06. The fourth-order valence-electron chi connectivity index (χ4n) is 4.01. The molecule has 1 atom stereocenters. The lowest BCUT2D eigenvalue weighted by molar-refractivity contribution is -0.139. The summed E-state index contributed by atoms with van der Waals surface area (Å²) in [5.41, 5.74) is 1.23. The van der Waals surface area contributed by atoms with Gasteiger partial charge in [-0.1, -0.05) is 67.9 Å². The Morgan fingerprint density at radius 3 is 2.24 bits per heavy atom. The van der Waals surface area contributed by atoms with E-state index in [2.05, 4.69) is 5.32 Å². The van der Waals surface area contributed by atoms with Crippen LogP contribution in [0.3, 0.4) is 0 Å². The van der Waals surface area contributed by atoms with Crippen LogP contribution in [0, 0.1) is 12.7 Å². The molecular weight excluding hydrogens is 505 g/mol. The number of benzene rings is 3. The van der Waals surface area contributed by atoms with Crippen molar-refractivity contribution in [2.24, 2.45) is 0 Å². The first-order chi connectivity index (χ1) is 18.2. The van der Waals surface area contributed by atoms with Crippen molar-refractivity contribution < 1.29 is 22.4 Å². The summed E-state index contributed by atoms with van der Waals surface area (Å²) in [5, 5.41) is 2.81. The topological polar surface area (TPSA) is 86.8 Å². The number of carbonyl (C=O) groups is 2. The molecule has 0 bridgehead atoms. The second kappa shape index (κ2) is 13.2.